The molecule has 1 aliphatic heterocycles. The molecule has 2 aromatic carbocycles. The number of imide groups is 1. The molecule has 6 nitrogen and oxygen atoms in total. The second-order valence-corrected chi connectivity index (χ2v) is 5.76. The Bertz CT molecular complexity index is 1230. The Morgan fingerprint density at radius 1 is 0.760 bits per heavy atom. The van der Waals surface area contributed by atoms with Crippen LogP contribution in [0, 0.1) is 0 Å². The lowest BCUT2D eigenvalue weighted by molar-refractivity contribution is 0.0925. The Labute approximate surface area is 139 Å². The van der Waals surface area contributed by atoms with Crippen molar-refractivity contribution in [1.82, 2.24) is 0 Å². The molecule has 0 saturated heterocycles. The predicted molar refractivity (Wildman–Crippen MR) is 89.8 cm³/mol. The maximum Gasteiger partial charge on any atom is 0.360 e. The van der Waals surface area contributed by atoms with E-state index in [1.165, 1.54) is 12.3 Å². The van der Waals surface area contributed by atoms with Crippen LogP contribution in [0.4, 0.5) is 5.69 Å². The zero-order chi connectivity index (χ0) is 17.1. The van der Waals surface area contributed by atoms with Gasteiger partial charge in [0.1, 0.15) is 16.9 Å². The van der Waals surface area contributed by atoms with E-state index in [9.17, 15) is 14.4 Å². The van der Waals surface area contributed by atoms with Crippen LogP contribution in [0.15, 0.2) is 68.4 Å². The topological polar surface area (TPSA) is 80.7 Å². The summed E-state index contributed by atoms with van der Waals surface area (Å²) < 4.78 is 10.6. The number of carbonyl (C=O) groups excluding carboxylic acids is 2. The summed E-state index contributed by atoms with van der Waals surface area (Å²) in [5, 5.41) is 1.43. The van der Waals surface area contributed by atoms with Gasteiger partial charge in [0.15, 0.2) is 0 Å². The fraction of sp³-hybridized carbons (Fsp3) is 0. The largest absolute Gasteiger partial charge is 0.464 e. The normalized spacial score (nSPS) is 13.8. The van der Waals surface area contributed by atoms with Crippen LogP contribution in [0.3, 0.4) is 0 Å². The van der Waals surface area contributed by atoms with Gasteiger partial charge in [0, 0.05) is 16.8 Å². The van der Waals surface area contributed by atoms with Gasteiger partial charge in [-0.3, -0.25) is 9.59 Å². The summed E-state index contributed by atoms with van der Waals surface area (Å²) in [6, 6.07) is 13.1. The second-order valence-electron chi connectivity index (χ2n) is 5.76. The van der Waals surface area contributed by atoms with Gasteiger partial charge >= 0.3 is 5.63 Å². The van der Waals surface area contributed by atoms with Crippen molar-refractivity contribution in [2.45, 2.75) is 0 Å². The third-order valence-corrected chi connectivity index (χ3v) is 4.32. The summed E-state index contributed by atoms with van der Waals surface area (Å²) in [6.45, 7) is 0. The standard InChI is InChI=1S/C19H9NO5/c21-17-12-3-1-2-4-13(12)18(22)20(17)14-8-11-7-10-5-6-24-15(10)9-16(11)25-19(14)23/h1-9H. The smallest absolute Gasteiger partial charge is 0.360 e. The lowest BCUT2D eigenvalue weighted by Crippen LogP contribution is -2.33. The van der Waals surface area contributed by atoms with E-state index in [4.69, 9.17) is 8.83 Å². The zero-order valence-electron chi connectivity index (χ0n) is 12.7. The molecule has 3 heterocycles. The molecule has 0 atom stereocenters. The van der Waals surface area contributed by atoms with E-state index in [0.717, 1.165) is 10.3 Å². The van der Waals surface area contributed by atoms with Crippen LogP contribution in [0.2, 0.25) is 0 Å². The van der Waals surface area contributed by atoms with Gasteiger partial charge in [0.05, 0.1) is 17.4 Å². The van der Waals surface area contributed by atoms with Crippen molar-refractivity contribution >= 4 is 39.4 Å². The number of fused-ring (bicyclic) bond motifs is 3. The first kappa shape index (κ1) is 13.7. The molecule has 1 aliphatic rings. The molecule has 0 radical (unpaired) electrons. The van der Waals surface area contributed by atoms with Crippen molar-refractivity contribution in [1.29, 1.82) is 0 Å². The van der Waals surface area contributed by atoms with E-state index >= 15 is 0 Å². The molecule has 2 amide bonds. The van der Waals surface area contributed by atoms with Gasteiger partial charge < -0.3 is 8.83 Å². The molecule has 6 heteroatoms. The fourth-order valence-electron chi connectivity index (χ4n) is 3.13. The highest BCUT2D eigenvalue weighted by atomic mass is 16.4. The molecule has 5 rings (SSSR count). The van der Waals surface area contributed by atoms with E-state index < -0.39 is 17.4 Å². The first-order valence-corrected chi connectivity index (χ1v) is 7.56. The van der Waals surface area contributed by atoms with Gasteiger partial charge in [-0.1, -0.05) is 12.1 Å². The van der Waals surface area contributed by atoms with Crippen LogP contribution >= 0.6 is 0 Å². The molecule has 4 aromatic rings. The van der Waals surface area contributed by atoms with Crippen molar-refractivity contribution < 1.29 is 18.4 Å². The van der Waals surface area contributed by atoms with Crippen LogP contribution in [0.25, 0.3) is 21.9 Å². The molecule has 0 fully saturated rings. The zero-order valence-corrected chi connectivity index (χ0v) is 12.7. The highest BCUT2D eigenvalue weighted by Crippen LogP contribution is 2.29. The molecule has 0 aliphatic carbocycles. The van der Waals surface area contributed by atoms with Crippen LogP contribution in [0.1, 0.15) is 20.7 Å². The minimum atomic E-state index is -0.757. The Morgan fingerprint density at radius 2 is 1.48 bits per heavy atom. The number of amides is 2. The highest BCUT2D eigenvalue weighted by Gasteiger charge is 2.38. The average Bonchev–Trinajstić information content (AvgIpc) is 3.16. The van der Waals surface area contributed by atoms with Crippen LogP contribution in [-0.4, -0.2) is 11.8 Å². The van der Waals surface area contributed by atoms with Crippen LogP contribution < -0.4 is 10.5 Å². The number of carbonyl (C=O) groups is 2. The lowest BCUT2D eigenvalue weighted by atomic mass is 10.1. The summed E-state index contributed by atoms with van der Waals surface area (Å²) in [7, 11) is 0. The second kappa shape index (κ2) is 4.67. The molecule has 0 N–H and O–H groups in total. The van der Waals surface area contributed by atoms with Gasteiger partial charge in [-0.05, 0) is 30.3 Å². The molecular weight excluding hydrogens is 322 g/mol. The molecule has 0 saturated carbocycles. The van der Waals surface area contributed by atoms with Crippen molar-refractivity contribution in [3.63, 3.8) is 0 Å². The molecule has 0 unspecified atom stereocenters. The third-order valence-electron chi connectivity index (χ3n) is 4.32. The minimum absolute atomic E-state index is 0.0958. The molecule has 25 heavy (non-hydrogen) atoms. The van der Waals surface area contributed by atoms with E-state index in [-0.39, 0.29) is 16.8 Å². The van der Waals surface area contributed by atoms with E-state index in [1.54, 1.807) is 42.5 Å². The molecule has 120 valence electrons. The maximum absolute atomic E-state index is 12.6. The molecule has 0 spiro atoms. The third kappa shape index (κ3) is 1.82. The van der Waals surface area contributed by atoms with Crippen LogP contribution in [-0.2, 0) is 0 Å². The number of nitrogens with zero attached hydrogens (tertiary/aromatic N) is 1. The van der Waals surface area contributed by atoms with Crippen molar-refractivity contribution in [2.75, 3.05) is 4.90 Å². The highest BCUT2D eigenvalue weighted by molar-refractivity contribution is 6.34. The number of benzene rings is 2. The fourth-order valence-corrected chi connectivity index (χ4v) is 3.13. The molecule has 0 bridgehead atoms. The number of hydrogen-bond acceptors (Lipinski definition) is 5. The van der Waals surface area contributed by atoms with Gasteiger partial charge in [0.2, 0.25) is 0 Å². The van der Waals surface area contributed by atoms with E-state index in [1.807, 2.05) is 0 Å². The number of rotatable bonds is 1. The van der Waals surface area contributed by atoms with Crippen molar-refractivity contribution in [3.05, 3.63) is 76.3 Å². The van der Waals surface area contributed by atoms with Crippen LogP contribution in [0.5, 0.6) is 0 Å². The summed E-state index contributed by atoms with van der Waals surface area (Å²) in [5.74, 6) is -1.06. The first-order chi connectivity index (χ1) is 12.1. The summed E-state index contributed by atoms with van der Waals surface area (Å²) in [6.07, 6.45) is 1.53. The Hall–Kier alpha value is -3.67. The van der Waals surface area contributed by atoms with Gasteiger partial charge in [-0.2, -0.15) is 0 Å². The maximum atomic E-state index is 12.6. The van der Waals surface area contributed by atoms with E-state index in [2.05, 4.69) is 0 Å². The van der Waals surface area contributed by atoms with Gasteiger partial charge in [-0.15, -0.1) is 0 Å². The number of furan rings is 1. The Balaban J connectivity index is 1.74. The first-order valence-electron chi connectivity index (χ1n) is 7.56. The number of anilines is 1. The summed E-state index contributed by atoms with van der Waals surface area (Å²) in [5.41, 5.74) is 0.612. The lowest BCUT2D eigenvalue weighted by Gasteiger charge is -2.12. The molecule has 2 aromatic heterocycles. The monoisotopic (exact) mass is 331 g/mol. The SMILES string of the molecule is O=C1c2ccccc2C(=O)N1c1cc2cc3ccoc3cc2oc1=O. The predicted octanol–water partition coefficient (Wildman–Crippen LogP) is 3.34. The van der Waals surface area contributed by atoms with E-state index in [0.29, 0.717) is 16.6 Å². The summed E-state index contributed by atoms with van der Waals surface area (Å²) in [4.78, 5) is 38.4. The Morgan fingerprint density at radius 3 is 2.20 bits per heavy atom. The van der Waals surface area contributed by atoms with Gasteiger partial charge in [-0.25, -0.2) is 9.69 Å². The van der Waals surface area contributed by atoms with Crippen molar-refractivity contribution in [3.8, 4) is 0 Å². The summed E-state index contributed by atoms with van der Waals surface area (Å²) >= 11 is 0. The number of hydrogen-bond donors (Lipinski definition) is 0. The Kier molecular flexibility index (Phi) is 2.57. The quantitative estimate of drug-likeness (QED) is 0.395. The van der Waals surface area contributed by atoms with Crippen molar-refractivity contribution in [2.24, 2.45) is 0 Å². The van der Waals surface area contributed by atoms with Gasteiger partial charge in [0.25, 0.3) is 11.8 Å². The average molecular weight is 331 g/mol. The molecular formula is C19H9NO5. The minimum Gasteiger partial charge on any atom is -0.464 e.